The van der Waals surface area contributed by atoms with E-state index in [1.807, 2.05) is 35.3 Å². The van der Waals surface area contributed by atoms with Crippen LogP contribution in [0.2, 0.25) is 0 Å². The molecule has 3 aromatic rings. The van der Waals surface area contributed by atoms with Gasteiger partial charge in [0.15, 0.2) is 0 Å². The Morgan fingerprint density at radius 2 is 1.96 bits per heavy atom. The van der Waals surface area contributed by atoms with Crippen molar-refractivity contribution in [3.63, 3.8) is 0 Å². The highest BCUT2D eigenvalue weighted by Crippen LogP contribution is 2.40. The molecule has 2 aliphatic rings. The lowest BCUT2D eigenvalue weighted by molar-refractivity contribution is -0.116. The van der Waals surface area contributed by atoms with Gasteiger partial charge in [0.25, 0.3) is 0 Å². The zero-order chi connectivity index (χ0) is 18.2. The molecule has 1 aliphatic heterocycles. The molecule has 5 rings (SSSR count). The van der Waals surface area contributed by atoms with Gasteiger partial charge in [-0.1, -0.05) is 37.5 Å². The Bertz CT molecular complexity index is 982. The van der Waals surface area contributed by atoms with Crippen molar-refractivity contribution in [2.75, 3.05) is 5.32 Å². The van der Waals surface area contributed by atoms with Crippen LogP contribution < -0.4 is 5.32 Å². The number of anilines is 1. The third kappa shape index (κ3) is 3.01. The molecule has 5 nitrogen and oxygen atoms in total. The summed E-state index contributed by atoms with van der Waals surface area (Å²) in [4.78, 5) is 17.0. The Balaban J connectivity index is 1.54. The Kier molecular flexibility index (Phi) is 4.15. The Labute approximate surface area is 158 Å². The normalized spacial score (nSPS) is 20.4. The van der Waals surface area contributed by atoms with Gasteiger partial charge in [-0.15, -0.1) is 0 Å². The molecule has 1 N–H and O–H groups in total. The van der Waals surface area contributed by atoms with Gasteiger partial charge in [-0.05, 0) is 36.5 Å². The number of pyridine rings is 1. The van der Waals surface area contributed by atoms with E-state index in [-0.39, 0.29) is 11.8 Å². The highest BCUT2D eigenvalue weighted by molar-refractivity contribution is 5.95. The van der Waals surface area contributed by atoms with Gasteiger partial charge < -0.3 is 5.32 Å². The van der Waals surface area contributed by atoms with Gasteiger partial charge in [-0.3, -0.25) is 9.78 Å². The molecule has 0 bridgehead atoms. The molecule has 27 heavy (non-hydrogen) atoms. The largest absolute Gasteiger partial charge is 0.311 e. The van der Waals surface area contributed by atoms with Crippen LogP contribution in [0.3, 0.4) is 0 Å². The number of hydrogen-bond acceptors (Lipinski definition) is 3. The molecule has 1 amide bonds. The number of carbonyl (C=O) groups is 1. The predicted octanol–water partition coefficient (Wildman–Crippen LogP) is 4.49. The van der Waals surface area contributed by atoms with Crippen LogP contribution in [0.1, 0.15) is 55.6 Å². The van der Waals surface area contributed by atoms with E-state index in [9.17, 15) is 4.79 Å². The lowest BCUT2D eigenvalue weighted by Crippen LogP contribution is -2.26. The maximum absolute atomic E-state index is 12.5. The Morgan fingerprint density at radius 3 is 2.85 bits per heavy atom. The standard InChI is InChI=1S/C22H24N4O/c27-21-12-18(16-8-4-10-20-17(16)9-5-11-23-20)19-13-24-26(22(19)25-21)14-15-6-2-1-3-7-15/h4-5,8-11,13,15,18H,1-3,6-7,12,14H2,(H,25,27). The fourth-order valence-corrected chi connectivity index (χ4v) is 4.73. The minimum atomic E-state index is 0.0294. The number of carbonyl (C=O) groups excluding carboxylic acids is 1. The fourth-order valence-electron chi connectivity index (χ4n) is 4.73. The molecule has 0 spiro atoms. The summed E-state index contributed by atoms with van der Waals surface area (Å²) < 4.78 is 2.03. The summed E-state index contributed by atoms with van der Waals surface area (Å²) in [7, 11) is 0. The average molecular weight is 360 g/mol. The van der Waals surface area contributed by atoms with Gasteiger partial charge in [-0.25, -0.2) is 4.68 Å². The summed E-state index contributed by atoms with van der Waals surface area (Å²) in [6.07, 6.45) is 10.7. The van der Waals surface area contributed by atoms with Gasteiger partial charge in [-0.2, -0.15) is 5.10 Å². The highest BCUT2D eigenvalue weighted by atomic mass is 16.1. The van der Waals surface area contributed by atoms with E-state index in [4.69, 9.17) is 0 Å². The van der Waals surface area contributed by atoms with Crippen molar-refractivity contribution < 1.29 is 4.79 Å². The van der Waals surface area contributed by atoms with Crippen LogP contribution in [0.15, 0.2) is 42.7 Å². The molecule has 1 unspecified atom stereocenters. The molecule has 0 radical (unpaired) electrons. The number of benzene rings is 1. The molecular formula is C22H24N4O. The molecule has 5 heteroatoms. The summed E-state index contributed by atoms with van der Waals surface area (Å²) in [5, 5.41) is 8.88. The molecule has 3 heterocycles. The molecule has 1 saturated carbocycles. The van der Waals surface area contributed by atoms with E-state index >= 15 is 0 Å². The van der Waals surface area contributed by atoms with Crippen molar-refractivity contribution in [2.24, 2.45) is 5.92 Å². The van der Waals surface area contributed by atoms with Gasteiger partial charge >= 0.3 is 0 Å². The molecule has 1 atom stereocenters. The smallest absolute Gasteiger partial charge is 0.226 e. The first kappa shape index (κ1) is 16.5. The molecule has 2 aromatic heterocycles. The SMILES string of the molecule is O=C1CC(c2cccc3ncccc23)c2cnn(CC3CCCCC3)c2N1. The molecular weight excluding hydrogens is 336 g/mol. The highest BCUT2D eigenvalue weighted by Gasteiger charge is 2.31. The van der Waals surface area contributed by atoms with Crippen LogP contribution in [0, 0.1) is 5.92 Å². The quantitative estimate of drug-likeness (QED) is 0.749. The fraction of sp³-hybridized carbons (Fsp3) is 0.409. The van der Waals surface area contributed by atoms with Crippen molar-refractivity contribution in [1.82, 2.24) is 14.8 Å². The third-order valence-electron chi connectivity index (χ3n) is 6.10. The number of hydrogen-bond donors (Lipinski definition) is 1. The van der Waals surface area contributed by atoms with Gasteiger partial charge in [0.1, 0.15) is 5.82 Å². The van der Waals surface area contributed by atoms with Gasteiger partial charge in [0.05, 0.1) is 11.7 Å². The topological polar surface area (TPSA) is 59.8 Å². The van der Waals surface area contributed by atoms with E-state index in [0.29, 0.717) is 12.3 Å². The van der Waals surface area contributed by atoms with Gasteiger partial charge in [0, 0.05) is 36.0 Å². The van der Waals surface area contributed by atoms with E-state index in [1.54, 1.807) is 0 Å². The summed E-state index contributed by atoms with van der Waals surface area (Å²) in [5.41, 5.74) is 3.26. The number of nitrogens with zero attached hydrogens (tertiary/aromatic N) is 3. The maximum Gasteiger partial charge on any atom is 0.226 e. The van der Waals surface area contributed by atoms with E-state index in [0.717, 1.165) is 34.4 Å². The van der Waals surface area contributed by atoms with Crippen molar-refractivity contribution in [3.05, 3.63) is 53.9 Å². The van der Waals surface area contributed by atoms with Gasteiger partial charge in [0.2, 0.25) is 5.91 Å². The van der Waals surface area contributed by atoms with Crippen molar-refractivity contribution in [3.8, 4) is 0 Å². The van der Waals surface area contributed by atoms with Crippen LogP contribution in [-0.4, -0.2) is 20.7 Å². The second-order valence-corrected chi connectivity index (χ2v) is 7.86. The maximum atomic E-state index is 12.5. The van der Waals surface area contributed by atoms with Crippen molar-refractivity contribution >= 4 is 22.6 Å². The van der Waals surface area contributed by atoms with Crippen LogP contribution in [0.25, 0.3) is 10.9 Å². The number of nitrogens with one attached hydrogen (secondary N) is 1. The molecule has 1 fully saturated rings. The number of fused-ring (bicyclic) bond motifs is 2. The molecule has 138 valence electrons. The van der Waals surface area contributed by atoms with Crippen LogP contribution in [0.5, 0.6) is 0 Å². The third-order valence-corrected chi connectivity index (χ3v) is 6.10. The lowest BCUT2D eigenvalue weighted by atomic mass is 9.85. The van der Waals surface area contributed by atoms with E-state index in [2.05, 4.69) is 27.5 Å². The molecule has 0 saturated heterocycles. The average Bonchev–Trinajstić information content (AvgIpc) is 3.10. The summed E-state index contributed by atoms with van der Waals surface area (Å²) in [6.45, 7) is 0.902. The van der Waals surface area contributed by atoms with Crippen LogP contribution in [-0.2, 0) is 11.3 Å². The second-order valence-electron chi connectivity index (χ2n) is 7.86. The van der Waals surface area contributed by atoms with E-state index in [1.165, 1.54) is 32.1 Å². The zero-order valence-electron chi connectivity index (χ0n) is 15.4. The van der Waals surface area contributed by atoms with Crippen LogP contribution >= 0.6 is 0 Å². The lowest BCUT2D eigenvalue weighted by Gasteiger charge is -2.26. The summed E-state index contributed by atoms with van der Waals surface area (Å²) in [6, 6.07) is 10.2. The van der Waals surface area contributed by atoms with E-state index < -0.39 is 0 Å². The van der Waals surface area contributed by atoms with Crippen molar-refractivity contribution in [1.29, 1.82) is 0 Å². The number of rotatable bonds is 3. The number of aromatic nitrogens is 3. The van der Waals surface area contributed by atoms with Crippen LogP contribution in [0.4, 0.5) is 5.82 Å². The predicted molar refractivity (Wildman–Crippen MR) is 106 cm³/mol. The first-order valence-corrected chi connectivity index (χ1v) is 9.99. The zero-order valence-corrected chi connectivity index (χ0v) is 15.4. The monoisotopic (exact) mass is 360 g/mol. The minimum absolute atomic E-state index is 0.0294. The minimum Gasteiger partial charge on any atom is -0.311 e. The Morgan fingerprint density at radius 1 is 1.07 bits per heavy atom. The Hall–Kier alpha value is -2.69. The first-order valence-electron chi connectivity index (χ1n) is 9.99. The second kappa shape index (κ2) is 6.80. The molecule has 1 aromatic carbocycles. The number of amides is 1. The van der Waals surface area contributed by atoms with Crippen molar-refractivity contribution in [2.45, 2.75) is 51.0 Å². The first-order chi connectivity index (χ1) is 13.3. The summed E-state index contributed by atoms with van der Waals surface area (Å²) >= 11 is 0. The molecule has 1 aliphatic carbocycles. The summed E-state index contributed by atoms with van der Waals surface area (Å²) in [5.74, 6) is 1.66.